The molecule has 0 radical (unpaired) electrons. The Labute approximate surface area is 100 Å². The molecular formula is C14H18F2O. The third-order valence-corrected chi connectivity index (χ3v) is 4.24. The predicted octanol–water partition coefficient (Wildman–Crippen LogP) is 3.61. The van der Waals surface area contributed by atoms with Crippen LogP contribution in [0.3, 0.4) is 0 Å². The van der Waals surface area contributed by atoms with Gasteiger partial charge in [-0.05, 0) is 30.7 Å². The maximum absolute atomic E-state index is 13.8. The van der Waals surface area contributed by atoms with Crippen LogP contribution in [0.1, 0.15) is 38.7 Å². The van der Waals surface area contributed by atoms with Crippen LogP contribution in [0.15, 0.2) is 18.2 Å². The van der Waals surface area contributed by atoms with E-state index in [0.717, 1.165) is 18.9 Å². The molecule has 0 spiro atoms. The van der Waals surface area contributed by atoms with Crippen LogP contribution in [0.4, 0.5) is 8.78 Å². The van der Waals surface area contributed by atoms with Gasteiger partial charge in [0.15, 0.2) is 11.6 Å². The fraction of sp³-hybridized carbons (Fsp3) is 0.571. The van der Waals surface area contributed by atoms with Gasteiger partial charge in [-0.3, -0.25) is 0 Å². The van der Waals surface area contributed by atoms with Gasteiger partial charge in [0, 0.05) is 5.56 Å². The Kier molecular flexibility index (Phi) is 3.21. The highest BCUT2D eigenvalue weighted by Gasteiger charge is 2.43. The van der Waals surface area contributed by atoms with E-state index >= 15 is 0 Å². The lowest BCUT2D eigenvalue weighted by atomic mass is 9.67. The highest BCUT2D eigenvalue weighted by atomic mass is 19.2. The van der Waals surface area contributed by atoms with Gasteiger partial charge in [0.25, 0.3) is 0 Å². The van der Waals surface area contributed by atoms with E-state index in [1.165, 1.54) is 12.1 Å². The molecule has 0 saturated heterocycles. The minimum Gasteiger partial charge on any atom is -0.385 e. The van der Waals surface area contributed by atoms with Gasteiger partial charge in [0.2, 0.25) is 0 Å². The van der Waals surface area contributed by atoms with Crippen molar-refractivity contribution in [3.8, 4) is 0 Å². The van der Waals surface area contributed by atoms with Crippen LogP contribution < -0.4 is 0 Å². The molecule has 1 aliphatic carbocycles. The van der Waals surface area contributed by atoms with Crippen LogP contribution in [0, 0.1) is 23.5 Å². The summed E-state index contributed by atoms with van der Waals surface area (Å²) in [7, 11) is 0. The van der Waals surface area contributed by atoms with Crippen molar-refractivity contribution in [3.63, 3.8) is 0 Å². The Morgan fingerprint density at radius 3 is 2.71 bits per heavy atom. The van der Waals surface area contributed by atoms with E-state index in [1.54, 1.807) is 0 Å². The number of benzene rings is 1. The van der Waals surface area contributed by atoms with Gasteiger partial charge in [0.05, 0.1) is 5.60 Å². The van der Waals surface area contributed by atoms with E-state index in [0.29, 0.717) is 12.3 Å². The van der Waals surface area contributed by atoms with Crippen molar-refractivity contribution in [1.82, 2.24) is 0 Å². The van der Waals surface area contributed by atoms with Gasteiger partial charge in [-0.25, -0.2) is 8.78 Å². The molecule has 3 heteroatoms. The second-order valence-electron chi connectivity index (χ2n) is 5.18. The molecule has 0 heterocycles. The molecule has 1 saturated carbocycles. The highest BCUT2D eigenvalue weighted by molar-refractivity contribution is 5.27. The zero-order valence-electron chi connectivity index (χ0n) is 10.2. The molecule has 17 heavy (non-hydrogen) atoms. The molecule has 1 nitrogen and oxygen atoms in total. The molecule has 1 fully saturated rings. The van der Waals surface area contributed by atoms with Gasteiger partial charge in [-0.1, -0.05) is 32.4 Å². The molecule has 1 N–H and O–H groups in total. The van der Waals surface area contributed by atoms with E-state index in [9.17, 15) is 13.9 Å². The van der Waals surface area contributed by atoms with E-state index in [1.807, 2.05) is 13.8 Å². The Balaban J connectivity index is 2.46. The number of hydrogen-bond acceptors (Lipinski definition) is 1. The van der Waals surface area contributed by atoms with Crippen molar-refractivity contribution in [3.05, 3.63) is 35.4 Å². The second-order valence-corrected chi connectivity index (χ2v) is 5.18. The average molecular weight is 240 g/mol. The molecule has 1 aromatic rings. The largest absolute Gasteiger partial charge is 0.385 e. The molecule has 3 unspecified atom stereocenters. The number of rotatable bonds is 1. The van der Waals surface area contributed by atoms with Crippen molar-refractivity contribution in [1.29, 1.82) is 0 Å². The number of aliphatic hydroxyl groups is 1. The monoisotopic (exact) mass is 240 g/mol. The SMILES string of the molecule is CC1CCCC(O)(c2cccc(F)c2F)C1C. The van der Waals surface area contributed by atoms with Gasteiger partial charge in [0.1, 0.15) is 0 Å². The molecule has 0 bridgehead atoms. The first-order valence-corrected chi connectivity index (χ1v) is 6.13. The van der Waals surface area contributed by atoms with Crippen molar-refractivity contribution < 1.29 is 13.9 Å². The molecular weight excluding hydrogens is 222 g/mol. The summed E-state index contributed by atoms with van der Waals surface area (Å²) in [6.07, 6.45) is 2.37. The van der Waals surface area contributed by atoms with Crippen molar-refractivity contribution in [2.24, 2.45) is 11.8 Å². The van der Waals surface area contributed by atoms with Crippen LogP contribution in [0.5, 0.6) is 0 Å². The molecule has 0 amide bonds. The zero-order chi connectivity index (χ0) is 12.6. The van der Waals surface area contributed by atoms with Crippen LogP contribution >= 0.6 is 0 Å². The molecule has 0 aliphatic heterocycles. The molecule has 1 aliphatic rings. The van der Waals surface area contributed by atoms with E-state index < -0.39 is 17.2 Å². The normalized spacial score (nSPS) is 33.7. The van der Waals surface area contributed by atoms with Crippen LogP contribution in [0.25, 0.3) is 0 Å². The van der Waals surface area contributed by atoms with Crippen molar-refractivity contribution in [2.45, 2.75) is 38.7 Å². The van der Waals surface area contributed by atoms with Gasteiger partial charge in [-0.2, -0.15) is 0 Å². The van der Waals surface area contributed by atoms with Gasteiger partial charge >= 0.3 is 0 Å². The van der Waals surface area contributed by atoms with E-state index in [2.05, 4.69) is 0 Å². The van der Waals surface area contributed by atoms with Crippen LogP contribution in [0.2, 0.25) is 0 Å². The summed E-state index contributed by atoms with van der Waals surface area (Å²) in [5, 5.41) is 10.7. The average Bonchev–Trinajstić information content (AvgIpc) is 2.29. The lowest BCUT2D eigenvalue weighted by molar-refractivity contribution is -0.0716. The standard InChI is InChI=1S/C14H18F2O/c1-9-5-4-8-14(17,10(9)2)11-6-3-7-12(15)13(11)16/h3,6-7,9-10,17H,4-5,8H2,1-2H3. The first kappa shape index (κ1) is 12.5. The first-order valence-electron chi connectivity index (χ1n) is 6.13. The zero-order valence-corrected chi connectivity index (χ0v) is 10.2. The highest BCUT2D eigenvalue weighted by Crippen LogP contribution is 2.45. The Hall–Kier alpha value is -0.960. The maximum atomic E-state index is 13.8. The summed E-state index contributed by atoms with van der Waals surface area (Å²) >= 11 is 0. The summed E-state index contributed by atoms with van der Waals surface area (Å²) in [6.45, 7) is 3.96. The number of hydrogen-bond donors (Lipinski definition) is 1. The van der Waals surface area contributed by atoms with E-state index in [-0.39, 0.29) is 11.5 Å². The van der Waals surface area contributed by atoms with Gasteiger partial charge in [-0.15, -0.1) is 0 Å². The van der Waals surface area contributed by atoms with E-state index in [4.69, 9.17) is 0 Å². The van der Waals surface area contributed by atoms with Crippen molar-refractivity contribution in [2.75, 3.05) is 0 Å². The molecule has 1 aromatic carbocycles. The molecule has 3 atom stereocenters. The molecule has 94 valence electrons. The molecule has 0 aromatic heterocycles. The Morgan fingerprint density at radius 1 is 1.29 bits per heavy atom. The predicted molar refractivity (Wildman–Crippen MR) is 62.4 cm³/mol. The smallest absolute Gasteiger partial charge is 0.164 e. The summed E-state index contributed by atoms with van der Waals surface area (Å²) in [6, 6.07) is 4.03. The Morgan fingerprint density at radius 2 is 2.00 bits per heavy atom. The minimum absolute atomic E-state index is 0.0625. The van der Waals surface area contributed by atoms with Crippen LogP contribution in [-0.2, 0) is 5.60 Å². The number of halogens is 2. The summed E-state index contributed by atoms with van der Waals surface area (Å²) in [4.78, 5) is 0. The topological polar surface area (TPSA) is 20.2 Å². The fourth-order valence-corrected chi connectivity index (χ4v) is 2.86. The third-order valence-electron chi connectivity index (χ3n) is 4.24. The van der Waals surface area contributed by atoms with Crippen LogP contribution in [-0.4, -0.2) is 5.11 Å². The quantitative estimate of drug-likeness (QED) is 0.795. The van der Waals surface area contributed by atoms with Gasteiger partial charge < -0.3 is 5.11 Å². The second kappa shape index (κ2) is 4.37. The minimum atomic E-state index is -1.23. The summed E-state index contributed by atoms with van der Waals surface area (Å²) in [5.74, 6) is -1.54. The summed E-state index contributed by atoms with van der Waals surface area (Å²) < 4.78 is 27.0. The molecule has 2 rings (SSSR count). The maximum Gasteiger partial charge on any atom is 0.164 e. The Bertz CT molecular complexity index is 419. The van der Waals surface area contributed by atoms with Crippen molar-refractivity contribution >= 4 is 0 Å². The first-order chi connectivity index (χ1) is 7.97. The summed E-state index contributed by atoms with van der Waals surface area (Å²) in [5.41, 5.74) is -1.12. The third kappa shape index (κ3) is 1.97. The fourth-order valence-electron chi connectivity index (χ4n) is 2.86. The lowest BCUT2D eigenvalue weighted by Crippen LogP contribution is -2.41. The lowest BCUT2D eigenvalue weighted by Gasteiger charge is -2.42.